The Morgan fingerprint density at radius 3 is 2.60 bits per heavy atom. The van der Waals surface area contributed by atoms with Gasteiger partial charge in [-0.3, -0.25) is 14.4 Å². The topological polar surface area (TPSA) is 96.4 Å². The first-order valence-corrected chi connectivity index (χ1v) is 15.7. The van der Waals surface area contributed by atoms with Crippen LogP contribution in [0.5, 0.6) is 0 Å². The van der Waals surface area contributed by atoms with Crippen LogP contribution in [-0.4, -0.2) is 71.3 Å². The van der Waals surface area contributed by atoms with Crippen LogP contribution in [0.15, 0.2) is 67.8 Å². The molecule has 0 radical (unpaired) electrons. The maximum Gasteiger partial charge on any atom is 0.312 e. The number of nitrogens with zero attached hydrogens (tertiary/aromatic N) is 2. The molecule has 0 saturated carbocycles. The van der Waals surface area contributed by atoms with Crippen molar-refractivity contribution in [1.29, 1.82) is 0 Å². The number of hydrogen-bond acceptors (Lipinski definition) is 6. The molecule has 8 nitrogen and oxygen atoms in total. The number of amides is 2. The molecular weight excluding hydrogens is 544 g/mol. The second kappa shape index (κ2) is 13.0. The highest BCUT2D eigenvalue weighted by atomic mass is 16.6. The molecular formula is C35H44N2O6. The molecule has 3 heterocycles. The lowest BCUT2D eigenvalue weighted by Gasteiger charge is -2.37. The normalized spacial score (nSPS) is 27.3. The summed E-state index contributed by atoms with van der Waals surface area (Å²) >= 11 is 0. The third kappa shape index (κ3) is 5.40. The Balaban J connectivity index is 1.52. The lowest BCUT2D eigenvalue weighted by molar-refractivity contribution is -0.161. The van der Waals surface area contributed by atoms with E-state index in [0.29, 0.717) is 50.8 Å². The fourth-order valence-electron chi connectivity index (χ4n) is 7.59. The summed E-state index contributed by atoms with van der Waals surface area (Å²) in [6.07, 6.45) is 8.61. The zero-order valence-electron chi connectivity index (χ0n) is 25.2. The van der Waals surface area contributed by atoms with Gasteiger partial charge in [-0.05, 0) is 74.3 Å². The highest BCUT2D eigenvalue weighted by Gasteiger charge is 2.79. The van der Waals surface area contributed by atoms with Crippen molar-refractivity contribution in [3.63, 3.8) is 0 Å². The Morgan fingerprint density at radius 1 is 1.09 bits per heavy atom. The molecule has 3 aliphatic rings. The largest absolute Gasteiger partial charge is 0.465 e. The van der Waals surface area contributed by atoms with E-state index in [-0.39, 0.29) is 31.6 Å². The van der Waals surface area contributed by atoms with Crippen molar-refractivity contribution in [2.45, 2.75) is 75.5 Å². The molecule has 8 heteroatoms. The molecule has 2 unspecified atom stereocenters. The Kier molecular flexibility index (Phi) is 9.37. The van der Waals surface area contributed by atoms with E-state index in [9.17, 15) is 19.5 Å². The maximum atomic E-state index is 14.8. The van der Waals surface area contributed by atoms with Gasteiger partial charge in [0, 0.05) is 25.4 Å². The van der Waals surface area contributed by atoms with Gasteiger partial charge in [-0.1, -0.05) is 49.4 Å². The zero-order valence-corrected chi connectivity index (χ0v) is 25.2. The maximum absolute atomic E-state index is 14.8. The molecule has 2 amide bonds. The number of rotatable bonds is 15. The van der Waals surface area contributed by atoms with Crippen LogP contribution in [0.4, 0.5) is 5.69 Å². The minimum atomic E-state index is -1.13. The van der Waals surface area contributed by atoms with E-state index in [1.807, 2.05) is 55.5 Å². The minimum absolute atomic E-state index is 0.00879. The van der Waals surface area contributed by atoms with Crippen molar-refractivity contribution in [3.8, 4) is 0 Å². The van der Waals surface area contributed by atoms with Gasteiger partial charge < -0.3 is 24.4 Å². The minimum Gasteiger partial charge on any atom is -0.465 e. The molecule has 43 heavy (non-hydrogen) atoms. The summed E-state index contributed by atoms with van der Waals surface area (Å²) in [6.45, 7) is 10.4. The summed E-state index contributed by atoms with van der Waals surface area (Å²) < 4.78 is 12.6. The van der Waals surface area contributed by atoms with Gasteiger partial charge in [0.1, 0.15) is 17.6 Å². The van der Waals surface area contributed by atoms with Crippen LogP contribution in [0, 0.1) is 11.8 Å². The van der Waals surface area contributed by atoms with Gasteiger partial charge >= 0.3 is 5.97 Å². The van der Waals surface area contributed by atoms with E-state index in [1.165, 1.54) is 0 Å². The van der Waals surface area contributed by atoms with E-state index < -0.39 is 35.0 Å². The van der Waals surface area contributed by atoms with E-state index in [2.05, 4.69) is 13.2 Å². The molecule has 0 aliphatic carbocycles. The number of carbonyl (C=O) groups excluding carboxylic acids is 3. The molecule has 5 atom stereocenters. The van der Waals surface area contributed by atoms with Crippen LogP contribution >= 0.6 is 0 Å². The summed E-state index contributed by atoms with van der Waals surface area (Å²) in [4.78, 5) is 46.1. The number of unbranched alkanes of at least 4 members (excludes halogenated alkanes) is 3. The molecule has 230 valence electrons. The number of aliphatic hydroxyl groups excluding tert-OH is 1. The van der Waals surface area contributed by atoms with Crippen molar-refractivity contribution in [2.24, 2.45) is 11.8 Å². The number of fused-ring (bicyclic) bond motifs is 2. The number of anilines is 1. The molecule has 2 aromatic rings. The van der Waals surface area contributed by atoms with Gasteiger partial charge in [-0.25, -0.2) is 0 Å². The van der Waals surface area contributed by atoms with E-state index in [0.717, 1.165) is 23.6 Å². The monoisotopic (exact) mass is 588 g/mol. The van der Waals surface area contributed by atoms with E-state index in [1.54, 1.807) is 15.9 Å². The van der Waals surface area contributed by atoms with Gasteiger partial charge in [0.2, 0.25) is 5.91 Å². The molecule has 0 aromatic heterocycles. The van der Waals surface area contributed by atoms with Gasteiger partial charge in [0.25, 0.3) is 5.91 Å². The molecule has 2 bridgehead atoms. The SMILES string of the molecule is C=CCCCCOC(=O)[C@@H]1[C@H]2C(=O)N(CCCCO)C(C(=O)N(CC=C)c3ccc4ccccc4c3)C23CC[C@@]1(CC)O3. The molecule has 3 fully saturated rings. The number of aliphatic hydroxyl groups is 1. The van der Waals surface area contributed by atoms with E-state index >= 15 is 0 Å². The summed E-state index contributed by atoms with van der Waals surface area (Å²) in [5, 5.41) is 11.5. The number of ether oxygens (including phenoxy) is 2. The molecule has 1 spiro atoms. The van der Waals surface area contributed by atoms with E-state index in [4.69, 9.17) is 9.47 Å². The van der Waals surface area contributed by atoms with Crippen molar-refractivity contribution in [3.05, 3.63) is 67.8 Å². The average molecular weight is 589 g/mol. The summed E-state index contributed by atoms with van der Waals surface area (Å²) in [5.74, 6) is -2.48. The van der Waals surface area contributed by atoms with Crippen LogP contribution in [0.25, 0.3) is 10.8 Å². The summed E-state index contributed by atoms with van der Waals surface area (Å²) in [6, 6.07) is 12.9. The lowest BCUT2D eigenvalue weighted by Crippen LogP contribution is -2.56. The smallest absolute Gasteiger partial charge is 0.312 e. The number of likely N-dealkylation sites (tertiary alicyclic amines) is 1. The number of esters is 1. The summed E-state index contributed by atoms with van der Waals surface area (Å²) in [5.41, 5.74) is -1.27. The van der Waals surface area contributed by atoms with Gasteiger partial charge in [0.15, 0.2) is 0 Å². The van der Waals surface area contributed by atoms with Crippen molar-refractivity contribution in [1.82, 2.24) is 4.90 Å². The Morgan fingerprint density at radius 2 is 1.88 bits per heavy atom. The number of carbonyl (C=O) groups is 3. The fraction of sp³-hybridized carbons (Fsp3) is 0.514. The third-order valence-corrected chi connectivity index (χ3v) is 9.65. The number of benzene rings is 2. The van der Waals surface area contributed by atoms with Gasteiger partial charge in [0.05, 0.1) is 18.1 Å². The first kappa shape index (κ1) is 31.0. The quantitative estimate of drug-likeness (QED) is 0.175. The predicted molar refractivity (Wildman–Crippen MR) is 166 cm³/mol. The first-order chi connectivity index (χ1) is 20.9. The molecule has 3 saturated heterocycles. The van der Waals surface area contributed by atoms with Gasteiger partial charge in [-0.15, -0.1) is 13.2 Å². The lowest BCUT2D eigenvalue weighted by atomic mass is 9.65. The molecule has 1 N–H and O–H groups in total. The van der Waals surface area contributed by atoms with Crippen LogP contribution in [0.2, 0.25) is 0 Å². The fourth-order valence-corrected chi connectivity index (χ4v) is 7.59. The van der Waals surface area contributed by atoms with Gasteiger partial charge in [-0.2, -0.15) is 0 Å². The van der Waals surface area contributed by atoms with Crippen LogP contribution in [0.3, 0.4) is 0 Å². The Bertz CT molecular complexity index is 1380. The first-order valence-electron chi connectivity index (χ1n) is 15.7. The highest BCUT2D eigenvalue weighted by molar-refractivity contribution is 6.05. The summed E-state index contributed by atoms with van der Waals surface area (Å²) in [7, 11) is 0. The van der Waals surface area contributed by atoms with Crippen LogP contribution < -0.4 is 4.90 Å². The second-order valence-corrected chi connectivity index (χ2v) is 12.0. The number of hydrogen-bond donors (Lipinski definition) is 1. The highest BCUT2D eigenvalue weighted by Crippen LogP contribution is 2.64. The molecule has 2 aromatic carbocycles. The zero-order chi connectivity index (χ0) is 30.6. The Labute approximate surface area is 254 Å². The van der Waals surface area contributed by atoms with Crippen molar-refractivity contribution >= 4 is 34.2 Å². The Hall–Kier alpha value is -3.49. The molecule has 3 aliphatic heterocycles. The third-order valence-electron chi connectivity index (χ3n) is 9.65. The van der Waals surface area contributed by atoms with Crippen LogP contribution in [0.1, 0.15) is 58.3 Å². The van der Waals surface area contributed by atoms with Crippen molar-refractivity contribution < 1.29 is 29.0 Å². The average Bonchev–Trinajstić information content (AvgIpc) is 3.63. The van der Waals surface area contributed by atoms with Crippen molar-refractivity contribution in [2.75, 3.05) is 31.2 Å². The predicted octanol–water partition coefficient (Wildman–Crippen LogP) is 5.19. The second-order valence-electron chi connectivity index (χ2n) is 12.0. The number of allylic oxidation sites excluding steroid dienone is 1. The van der Waals surface area contributed by atoms with Crippen LogP contribution in [-0.2, 0) is 23.9 Å². The molecule has 5 rings (SSSR count). The standard InChI is InChI=1S/C35H44N2O6/c1-4-7-8-13-23-42-33(41)29-28-31(39)37(21-11-12-22-38)30(35(28)19-18-34(29,6-3)43-35)32(40)36(20-5-2)27-17-16-25-14-9-10-15-26(25)24-27/h4-5,9-10,14-17,24,28-30,38H,1-2,6-8,11-13,18-23H2,3H3/t28-,29-,30?,34+,35?/m0/s1.